The third kappa shape index (κ3) is 2.42. The van der Waals surface area contributed by atoms with Gasteiger partial charge in [-0.05, 0) is 43.4 Å². The Labute approximate surface area is 116 Å². The first-order valence-corrected chi connectivity index (χ1v) is 7.92. The van der Waals surface area contributed by atoms with Gasteiger partial charge in [-0.15, -0.1) is 0 Å². The fourth-order valence-corrected chi connectivity index (χ4v) is 4.01. The van der Waals surface area contributed by atoms with Gasteiger partial charge in [0.15, 0.2) is 0 Å². The van der Waals surface area contributed by atoms with Gasteiger partial charge in [-0.1, -0.05) is 27.2 Å². The van der Waals surface area contributed by atoms with Crippen LogP contribution in [0.5, 0.6) is 0 Å². The predicted molar refractivity (Wildman–Crippen MR) is 72.3 cm³/mol. The highest BCUT2D eigenvalue weighted by Gasteiger charge is 2.52. The van der Waals surface area contributed by atoms with E-state index in [1.165, 1.54) is 12.8 Å². The first-order chi connectivity index (χ1) is 9.06. The Morgan fingerprint density at radius 2 is 2.00 bits per heavy atom. The third-order valence-electron chi connectivity index (χ3n) is 5.48. The quantitative estimate of drug-likeness (QED) is 0.735. The van der Waals surface area contributed by atoms with Crippen LogP contribution in [0.25, 0.3) is 0 Å². The smallest absolute Gasteiger partial charge is 0.311 e. The summed E-state index contributed by atoms with van der Waals surface area (Å²) in [7, 11) is 0. The lowest BCUT2D eigenvalue weighted by Crippen LogP contribution is -2.40. The molecule has 0 aromatic rings. The van der Waals surface area contributed by atoms with E-state index in [-0.39, 0.29) is 24.3 Å². The van der Waals surface area contributed by atoms with E-state index in [2.05, 4.69) is 20.8 Å². The standard InChI is InChI=1S/C16H26O3/c1-9(2)11-5-4-10(3)8-14(11)18-16-13-7-6-12(13)15(17)19-16/h9-14,16H,4-8H2,1-3H3/t10-,11+,12-,13-,14-,16-/m0/s1. The number of carbonyl (C=O) groups is 1. The molecule has 0 spiro atoms. The van der Waals surface area contributed by atoms with Crippen molar-refractivity contribution >= 4 is 5.97 Å². The first kappa shape index (κ1) is 13.4. The van der Waals surface area contributed by atoms with Crippen LogP contribution in [0.15, 0.2) is 0 Å². The van der Waals surface area contributed by atoms with E-state index < -0.39 is 0 Å². The Bertz CT molecular complexity index is 352. The SMILES string of the molecule is CC(C)[C@H]1CC[C@H](C)C[C@@H]1O[C@H]1OC(=O)[C@H]2CC[C@H]12. The van der Waals surface area contributed by atoms with Gasteiger partial charge in [-0.2, -0.15) is 0 Å². The molecule has 1 heterocycles. The Hall–Kier alpha value is -0.570. The average Bonchev–Trinajstić information content (AvgIpc) is 2.46. The van der Waals surface area contributed by atoms with Crippen molar-refractivity contribution in [3.63, 3.8) is 0 Å². The van der Waals surface area contributed by atoms with E-state index >= 15 is 0 Å². The van der Waals surface area contributed by atoms with Gasteiger partial charge in [-0.3, -0.25) is 4.79 Å². The molecule has 0 amide bonds. The molecule has 0 bridgehead atoms. The van der Waals surface area contributed by atoms with E-state index in [0.717, 1.165) is 25.2 Å². The summed E-state index contributed by atoms with van der Waals surface area (Å²) in [6, 6.07) is 0. The highest BCUT2D eigenvalue weighted by molar-refractivity contribution is 5.76. The maximum absolute atomic E-state index is 11.7. The van der Waals surface area contributed by atoms with Crippen molar-refractivity contribution in [1.29, 1.82) is 0 Å². The molecule has 0 aromatic heterocycles. The first-order valence-electron chi connectivity index (χ1n) is 7.92. The maximum atomic E-state index is 11.7. The van der Waals surface area contributed by atoms with E-state index in [9.17, 15) is 4.79 Å². The summed E-state index contributed by atoms with van der Waals surface area (Å²) >= 11 is 0. The fourth-order valence-electron chi connectivity index (χ4n) is 4.01. The summed E-state index contributed by atoms with van der Waals surface area (Å²) in [6.07, 6.45) is 5.79. The third-order valence-corrected chi connectivity index (χ3v) is 5.48. The van der Waals surface area contributed by atoms with Crippen molar-refractivity contribution in [1.82, 2.24) is 0 Å². The lowest BCUT2D eigenvalue weighted by molar-refractivity contribution is -0.197. The Morgan fingerprint density at radius 3 is 2.58 bits per heavy atom. The van der Waals surface area contributed by atoms with Crippen LogP contribution in [0, 0.1) is 29.6 Å². The Balaban J connectivity index is 1.65. The minimum absolute atomic E-state index is 0.0220. The molecule has 3 rings (SSSR count). The molecule has 3 heteroatoms. The summed E-state index contributed by atoms with van der Waals surface area (Å²) in [5.74, 6) is 2.46. The van der Waals surface area contributed by atoms with Gasteiger partial charge in [0.05, 0.1) is 12.0 Å². The zero-order valence-electron chi connectivity index (χ0n) is 12.3. The van der Waals surface area contributed by atoms with Crippen LogP contribution in [-0.4, -0.2) is 18.4 Å². The van der Waals surface area contributed by atoms with Crippen LogP contribution in [0.1, 0.15) is 52.9 Å². The molecule has 2 saturated carbocycles. The number of fused-ring (bicyclic) bond motifs is 1. The molecule has 1 saturated heterocycles. The van der Waals surface area contributed by atoms with Crippen molar-refractivity contribution in [2.75, 3.05) is 0 Å². The normalized spacial score (nSPS) is 45.8. The highest BCUT2D eigenvalue weighted by atomic mass is 16.7. The van der Waals surface area contributed by atoms with Gasteiger partial charge in [0.25, 0.3) is 0 Å². The zero-order chi connectivity index (χ0) is 13.6. The second kappa shape index (κ2) is 5.08. The molecule has 19 heavy (non-hydrogen) atoms. The number of rotatable bonds is 3. The summed E-state index contributed by atoms with van der Waals surface area (Å²) < 4.78 is 11.7. The van der Waals surface area contributed by atoms with Crippen LogP contribution in [0.3, 0.4) is 0 Å². The highest BCUT2D eigenvalue weighted by Crippen LogP contribution is 2.46. The number of esters is 1. The van der Waals surface area contributed by atoms with Gasteiger partial charge in [0, 0.05) is 5.92 Å². The van der Waals surface area contributed by atoms with Crippen molar-refractivity contribution in [2.45, 2.75) is 65.3 Å². The van der Waals surface area contributed by atoms with Crippen molar-refractivity contribution < 1.29 is 14.3 Å². The second-order valence-electron chi connectivity index (χ2n) is 7.15. The Morgan fingerprint density at radius 1 is 1.21 bits per heavy atom. The molecule has 0 unspecified atom stereocenters. The van der Waals surface area contributed by atoms with E-state index in [1.54, 1.807) is 0 Å². The monoisotopic (exact) mass is 266 g/mol. The van der Waals surface area contributed by atoms with E-state index in [1.807, 2.05) is 0 Å². The van der Waals surface area contributed by atoms with Gasteiger partial charge in [-0.25, -0.2) is 0 Å². The van der Waals surface area contributed by atoms with Crippen LogP contribution >= 0.6 is 0 Å². The molecule has 1 aliphatic heterocycles. The summed E-state index contributed by atoms with van der Waals surface area (Å²) in [4.78, 5) is 11.7. The van der Waals surface area contributed by atoms with Gasteiger partial charge >= 0.3 is 5.97 Å². The number of ether oxygens (including phenoxy) is 2. The second-order valence-corrected chi connectivity index (χ2v) is 7.15. The number of carbonyl (C=O) groups excluding carboxylic acids is 1. The summed E-state index contributed by atoms with van der Waals surface area (Å²) in [5, 5.41) is 0. The summed E-state index contributed by atoms with van der Waals surface area (Å²) in [5.41, 5.74) is 0. The van der Waals surface area contributed by atoms with Crippen LogP contribution in [0.4, 0.5) is 0 Å². The lowest BCUT2D eigenvalue weighted by atomic mass is 9.74. The van der Waals surface area contributed by atoms with Gasteiger partial charge in [0.1, 0.15) is 0 Å². The molecule has 0 aromatic carbocycles. The van der Waals surface area contributed by atoms with E-state index in [0.29, 0.717) is 17.8 Å². The fraction of sp³-hybridized carbons (Fsp3) is 0.938. The lowest BCUT2D eigenvalue weighted by Gasteiger charge is -2.39. The molecule has 2 aliphatic carbocycles. The van der Waals surface area contributed by atoms with Crippen molar-refractivity contribution in [3.8, 4) is 0 Å². The number of hydrogen-bond donors (Lipinski definition) is 0. The molecule has 108 valence electrons. The number of hydrogen-bond acceptors (Lipinski definition) is 3. The van der Waals surface area contributed by atoms with Crippen LogP contribution in [-0.2, 0) is 14.3 Å². The van der Waals surface area contributed by atoms with Crippen LogP contribution < -0.4 is 0 Å². The van der Waals surface area contributed by atoms with Crippen LogP contribution in [0.2, 0.25) is 0 Å². The van der Waals surface area contributed by atoms with Gasteiger partial charge in [0.2, 0.25) is 6.29 Å². The molecule has 3 fully saturated rings. The molecule has 0 radical (unpaired) electrons. The predicted octanol–water partition coefficient (Wildman–Crippen LogP) is 3.37. The molecule has 3 nitrogen and oxygen atoms in total. The molecular formula is C16H26O3. The molecule has 6 atom stereocenters. The largest absolute Gasteiger partial charge is 0.435 e. The van der Waals surface area contributed by atoms with Gasteiger partial charge < -0.3 is 9.47 Å². The summed E-state index contributed by atoms with van der Waals surface area (Å²) in [6.45, 7) is 6.87. The van der Waals surface area contributed by atoms with E-state index in [4.69, 9.17) is 9.47 Å². The average molecular weight is 266 g/mol. The maximum Gasteiger partial charge on any atom is 0.311 e. The zero-order valence-corrected chi connectivity index (χ0v) is 12.3. The molecule has 3 aliphatic rings. The molecule has 0 N–H and O–H groups in total. The molecular weight excluding hydrogens is 240 g/mol. The minimum atomic E-state index is -0.247. The minimum Gasteiger partial charge on any atom is -0.435 e. The van der Waals surface area contributed by atoms with Crippen molar-refractivity contribution in [2.24, 2.45) is 29.6 Å². The Kier molecular flexibility index (Phi) is 3.59. The topological polar surface area (TPSA) is 35.5 Å². The number of cyclic esters (lactones) is 1. The van der Waals surface area contributed by atoms with Crippen molar-refractivity contribution in [3.05, 3.63) is 0 Å².